The lowest BCUT2D eigenvalue weighted by molar-refractivity contribution is 0.102. The van der Waals surface area contributed by atoms with Gasteiger partial charge in [0.25, 0.3) is 5.91 Å². The van der Waals surface area contributed by atoms with Crippen LogP contribution in [0.25, 0.3) is 5.65 Å². The van der Waals surface area contributed by atoms with Gasteiger partial charge < -0.3 is 9.72 Å². The topological polar surface area (TPSA) is 46.4 Å². The Balaban J connectivity index is 1.96. The minimum Gasteiger partial charge on any atom is -0.322 e. The highest BCUT2D eigenvalue weighted by Crippen LogP contribution is 2.18. The molecule has 0 radical (unpaired) electrons. The molecule has 0 saturated heterocycles. The van der Waals surface area contributed by atoms with Crippen LogP contribution >= 0.6 is 15.9 Å². The van der Waals surface area contributed by atoms with E-state index in [0.717, 1.165) is 15.9 Å². The summed E-state index contributed by atoms with van der Waals surface area (Å²) in [7, 11) is 0. The third kappa shape index (κ3) is 2.44. The molecule has 5 heteroatoms. The number of amides is 1. The zero-order valence-electron chi connectivity index (χ0n) is 10.8. The molecule has 0 aliphatic rings. The normalized spacial score (nSPS) is 10.7. The molecular formula is C15H12BrN3O. The lowest BCUT2D eigenvalue weighted by Crippen LogP contribution is -2.13. The SMILES string of the molecule is Cc1cn2cccc(C(=O)Nc3cccc(Br)c3)c2n1. The van der Waals surface area contributed by atoms with E-state index in [9.17, 15) is 4.79 Å². The Morgan fingerprint density at radius 1 is 1.30 bits per heavy atom. The molecule has 1 amide bonds. The van der Waals surface area contributed by atoms with E-state index >= 15 is 0 Å². The summed E-state index contributed by atoms with van der Waals surface area (Å²) in [5.74, 6) is -0.167. The highest BCUT2D eigenvalue weighted by Gasteiger charge is 2.12. The zero-order valence-corrected chi connectivity index (χ0v) is 12.4. The Morgan fingerprint density at radius 2 is 2.15 bits per heavy atom. The van der Waals surface area contributed by atoms with Crippen LogP contribution in [0.1, 0.15) is 16.1 Å². The summed E-state index contributed by atoms with van der Waals surface area (Å²) in [4.78, 5) is 16.8. The third-order valence-electron chi connectivity index (χ3n) is 2.93. The van der Waals surface area contributed by atoms with Crippen molar-refractivity contribution < 1.29 is 4.79 Å². The van der Waals surface area contributed by atoms with E-state index in [4.69, 9.17) is 0 Å². The van der Waals surface area contributed by atoms with Gasteiger partial charge in [-0.1, -0.05) is 22.0 Å². The van der Waals surface area contributed by atoms with E-state index in [1.807, 2.05) is 54.0 Å². The highest BCUT2D eigenvalue weighted by atomic mass is 79.9. The van der Waals surface area contributed by atoms with Crippen molar-refractivity contribution in [3.63, 3.8) is 0 Å². The highest BCUT2D eigenvalue weighted by molar-refractivity contribution is 9.10. The summed E-state index contributed by atoms with van der Waals surface area (Å²) in [6, 6.07) is 11.1. The van der Waals surface area contributed by atoms with Crippen molar-refractivity contribution >= 4 is 33.2 Å². The predicted molar refractivity (Wildman–Crippen MR) is 82.0 cm³/mol. The maximum Gasteiger partial charge on any atom is 0.259 e. The number of fused-ring (bicyclic) bond motifs is 1. The quantitative estimate of drug-likeness (QED) is 0.779. The molecular weight excluding hydrogens is 318 g/mol. The summed E-state index contributed by atoms with van der Waals surface area (Å²) in [5, 5.41) is 2.88. The van der Waals surface area contributed by atoms with Crippen LogP contribution in [0.5, 0.6) is 0 Å². The maximum atomic E-state index is 12.4. The van der Waals surface area contributed by atoms with Crippen LogP contribution in [0.2, 0.25) is 0 Å². The molecule has 0 bridgehead atoms. The molecule has 3 rings (SSSR count). The monoisotopic (exact) mass is 329 g/mol. The van der Waals surface area contributed by atoms with E-state index in [-0.39, 0.29) is 5.91 Å². The van der Waals surface area contributed by atoms with Gasteiger partial charge in [-0.25, -0.2) is 4.98 Å². The van der Waals surface area contributed by atoms with Crippen LogP contribution in [0.15, 0.2) is 53.3 Å². The average molecular weight is 330 g/mol. The van der Waals surface area contributed by atoms with Crippen molar-refractivity contribution in [3.8, 4) is 0 Å². The number of nitrogens with zero attached hydrogens (tertiary/aromatic N) is 2. The number of halogens is 1. The molecule has 0 atom stereocenters. The van der Waals surface area contributed by atoms with Gasteiger partial charge in [0.15, 0.2) is 0 Å². The summed E-state index contributed by atoms with van der Waals surface area (Å²) in [6.07, 6.45) is 3.77. The molecule has 0 saturated carbocycles. The molecule has 3 aromatic rings. The van der Waals surface area contributed by atoms with Gasteiger partial charge in [0, 0.05) is 22.6 Å². The van der Waals surface area contributed by atoms with E-state index in [0.29, 0.717) is 11.2 Å². The van der Waals surface area contributed by atoms with Crippen molar-refractivity contribution in [2.24, 2.45) is 0 Å². The lowest BCUT2D eigenvalue weighted by Gasteiger charge is -2.06. The van der Waals surface area contributed by atoms with Crippen molar-refractivity contribution in [2.45, 2.75) is 6.92 Å². The molecule has 2 heterocycles. The number of anilines is 1. The van der Waals surface area contributed by atoms with Crippen LogP contribution in [0.3, 0.4) is 0 Å². The third-order valence-corrected chi connectivity index (χ3v) is 3.42. The number of hydrogen-bond acceptors (Lipinski definition) is 2. The van der Waals surface area contributed by atoms with Gasteiger partial charge >= 0.3 is 0 Å². The largest absolute Gasteiger partial charge is 0.322 e. The van der Waals surface area contributed by atoms with Crippen molar-refractivity contribution in [2.75, 3.05) is 5.32 Å². The van der Waals surface area contributed by atoms with Crippen LogP contribution in [-0.4, -0.2) is 15.3 Å². The molecule has 0 aliphatic heterocycles. The fourth-order valence-electron chi connectivity index (χ4n) is 2.08. The number of benzene rings is 1. The second kappa shape index (κ2) is 5.09. The smallest absolute Gasteiger partial charge is 0.259 e. The van der Waals surface area contributed by atoms with Gasteiger partial charge in [0.1, 0.15) is 5.65 Å². The number of carbonyl (C=O) groups excluding carboxylic acids is 1. The standard InChI is InChI=1S/C15H12BrN3O/c1-10-9-19-7-3-6-13(14(19)17-10)15(20)18-12-5-2-4-11(16)8-12/h2-9H,1H3,(H,18,20). The van der Waals surface area contributed by atoms with Crippen LogP contribution in [-0.2, 0) is 0 Å². The number of nitrogens with one attached hydrogen (secondary N) is 1. The van der Waals surface area contributed by atoms with Crippen molar-refractivity contribution in [1.82, 2.24) is 9.38 Å². The predicted octanol–water partition coefficient (Wildman–Crippen LogP) is 3.66. The molecule has 100 valence electrons. The Bertz CT molecular complexity index is 795. The first-order valence-electron chi connectivity index (χ1n) is 6.15. The first-order chi connectivity index (χ1) is 9.63. The first kappa shape index (κ1) is 12.9. The van der Waals surface area contributed by atoms with Crippen LogP contribution in [0.4, 0.5) is 5.69 Å². The first-order valence-corrected chi connectivity index (χ1v) is 6.94. The van der Waals surface area contributed by atoms with Gasteiger partial charge in [-0.15, -0.1) is 0 Å². The second-order valence-corrected chi connectivity index (χ2v) is 5.42. The molecule has 0 unspecified atom stereocenters. The minimum absolute atomic E-state index is 0.167. The molecule has 1 N–H and O–H groups in total. The fraction of sp³-hybridized carbons (Fsp3) is 0.0667. The minimum atomic E-state index is -0.167. The fourth-order valence-corrected chi connectivity index (χ4v) is 2.48. The van der Waals surface area contributed by atoms with Gasteiger partial charge in [0.05, 0.1) is 11.3 Å². The van der Waals surface area contributed by atoms with E-state index in [1.165, 1.54) is 0 Å². The van der Waals surface area contributed by atoms with Gasteiger partial charge in [0.2, 0.25) is 0 Å². The summed E-state index contributed by atoms with van der Waals surface area (Å²) in [6.45, 7) is 1.91. The number of aromatic nitrogens is 2. The summed E-state index contributed by atoms with van der Waals surface area (Å²) >= 11 is 3.38. The van der Waals surface area contributed by atoms with Crippen molar-refractivity contribution in [3.05, 3.63) is 64.5 Å². The molecule has 2 aromatic heterocycles. The number of imidazole rings is 1. The van der Waals surface area contributed by atoms with Gasteiger partial charge in [-0.3, -0.25) is 4.79 Å². The van der Waals surface area contributed by atoms with Crippen molar-refractivity contribution in [1.29, 1.82) is 0 Å². The van der Waals surface area contributed by atoms with Gasteiger partial charge in [-0.05, 0) is 37.3 Å². The zero-order chi connectivity index (χ0) is 14.1. The average Bonchev–Trinajstić information content (AvgIpc) is 2.78. The Kier molecular flexibility index (Phi) is 3.28. The molecule has 1 aromatic carbocycles. The molecule has 20 heavy (non-hydrogen) atoms. The number of hydrogen-bond donors (Lipinski definition) is 1. The Morgan fingerprint density at radius 3 is 2.95 bits per heavy atom. The van der Waals surface area contributed by atoms with E-state index in [1.54, 1.807) is 6.07 Å². The lowest BCUT2D eigenvalue weighted by atomic mass is 10.2. The van der Waals surface area contributed by atoms with Crippen LogP contribution < -0.4 is 5.32 Å². The van der Waals surface area contributed by atoms with E-state index in [2.05, 4.69) is 26.2 Å². The molecule has 0 fully saturated rings. The number of pyridine rings is 1. The number of rotatable bonds is 2. The summed E-state index contributed by atoms with van der Waals surface area (Å²) < 4.78 is 2.77. The van der Waals surface area contributed by atoms with Gasteiger partial charge in [-0.2, -0.15) is 0 Å². The Hall–Kier alpha value is -2.14. The number of carbonyl (C=O) groups is 1. The molecule has 0 aliphatic carbocycles. The molecule has 0 spiro atoms. The van der Waals surface area contributed by atoms with E-state index < -0.39 is 0 Å². The second-order valence-electron chi connectivity index (χ2n) is 4.50. The Labute approximate surface area is 124 Å². The molecule has 4 nitrogen and oxygen atoms in total. The maximum absolute atomic E-state index is 12.4. The number of aryl methyl sites for hydroxylation is 1. The summed E-state index contributed by atoms with van der Waals surface area (Å²) in [5.41, 5.74) is 2.85. The van der Waals surface area contributed by atoms with Crippen LogP contribution in [0, 0.1) is 6.92 Å².